The Hall–Kier alpha value is -0.120. The molecular weight excluding hydrogens is 248 g/mol. The zero-order chi connectivity index (χ0) is 15.0. The highest BCUT2D eigenvalue weighted by molar-refractivity contribution is 4.88. The van der Waals surface area contributed by atoms with E-state index in [4.69, 9.17) is 4.74 Å². The molecule has 3 unspecified atom stereocenters. The van der Waals surface area contributed by atoms with E-state index in [0.29, 0.717) is 18.0 Å². The predicted octanol–water partition coefficient (Wildman–Crippen LogP) is 3.15. The lowest BCUT2D eigenvalue weighted by Crippen LogP contribution is -2.59. The summed E-state index contributed by atoms with van der Waals surface area (Å²) in [5, 5.41) is 3.74. The molecule has 0 radical (unpaired) electrons. The molecule has 0 amide bonds. The van der Waals surface area contributed by atoms with Gasteiger partial charge in [0.25, 0.3) is 0 Å². The number of hydrogen-bond acceptors (Lipinski definition) is 3. The summed E-state index contributed by atoms with van der Waals surface area (Å²) in [4.78, 5) is 2.67. The summed E-state index contributed by atoms with van der Waals surface area (Å²) < 4.78 is 5.79. The molecule has 1 aliphatic rings. The average Bonchev–Trinajstić information content (AvgIpc) is 2.43. The Morgan fingerprint density at radius 2 is 2.00 bits per heavy atom. The Morgan fingerprint density at radius 3 is 2.60 bits per heavy atom. The van der Waals surface area contributed by atoms with Gasteiger partial charge in [-0.15, -0.1) is 0 Å². The molecule has 0 aromatic heterocycles. The molecular formula is C17H36N2O. The van der Waals surface area contributed by atoms with Crippen LogP contribution in [0.15, 0.2) is 0 Å². The Balaban J connectivity index is 2.44. The van der Waals surface area contributed by atoms with Gasteiger partial charge in [-0.1, -0.05) is 47.5 Å². The predicted molar refractivity (Wildman–Crippen MR) is 87.2 cm³/mol. The third kappa shape index (κ3) is 6.11. The van der Waals surface area contributed by atoms with Crippen LogP contribution in [0.1, 0.15) is 53.9 Å². The van der Waals surface area contributed by atoms with Gasteiger partial charge < -0.3 is 10.1 Å². The number of ether oxygens (including phenoxy) is 1. The first-order valence-electron chi connectivity index (χ1n) is 8.63. The fourth-order valence-corrected chi connectivity index (χ4v) is 3.03. The first kappa shape index (κ1) is 17.9. The maximum atomic E-state index is 5.79. The molecule has 0 aromatic rings. The number of hydrogen-bond donors (Lipinski definition) is 1. The highest BCUT2D eigenvalue weighted by atomic mass is 16.5. The maximum absolute atomic E-state index is 5.79. The molecule has 3 heteroatoms. The lowest BCUT2D eigenvalue weighted by Gasteiger charge is -2.43. The maximum Gasteiger partial charge on any atom is 0.0593 e. The monoisotopic (exact) mass is 284 g/mol. The second kappa shape index (κ2) is 9.75. The molecule has 3 atom stereocenters. The van der Waals surface area contributed by atoms with E-state index in [0.717, 1.165) is 32.2 Å². The Kier molecular flexibility index (Phi) is 8.74. The van der Waals surface area contributed by atoms with Crippen molar-refractivity contribution in [3.63, 3.8) is 0 Å². The summed E-state index contributed by atoms with van der Waals surface area (Å²) in [5.41, 5.74) is 0. The van der Waals surface area contributed by atoms with Crippen LogP contribution in [0.25, 0.3) is 0 Å². The summed E-state index contributed by atoms with van der Waals surface area (Å²) in [7, 11) is 0. The van der Waals surface area contributed by atoms with Gasteiger partial charge in [0, 0.05) is 38.3 Å². The summed E-state index contributed by atoms with van der Waals surface area (Å²) in [5.74, 6) is 1.39. The number of nitrogens with one attached hydrogen (secondary N) is 1. The van der Waals surface area contributed by atoms with Crippen LogP contribution in [0.2, 0.25) is 0 Å². The lowest BCUT2D eigenvalue weighted by molar-refractivity contribution is 0.0383. The van der Waals surface area contributed by atoms with Crippen LogP contribution in [0.4, 0.5) is 0 Å². The van der Waals surface area contributed by atoms with Crippen molar-refractivity contribution in [2.75, 3.05) is 32.8 Å². The molecule has 0 saturated carbocycles. The van der Waals surface area contributed by atoms with Crippen molar-refractivity contribution in [1.29, 1.82) is 0 Å². The first-order chi connectivity index (χ1) is 9.58. The second-order valence-corrected chi connectivity index (χ2v) is 6.81. The number of piperazine rings is 1. The normalized spacial score (nSPS) is 26.1. The standard InChI is InChI=1S/C17H36N2O/c1-6-8-16-12-19(9-10-20-13-14(3)4)17(11-18-16)15(5)7-2/h14-18H,6-13H2,1-5H3. The summed E-state index contributed by atoms with van der Waals surface area (Å²) >= 11 is 0. The summed E-state index contributed by atoms with van der Waals surface area (Å²) in [6.07, 6.45) is 3.81. The molecule has 1 N–H and O–H groups in total. The van der Waals surface area contributed by atoms with E-state index >= 15 is 0 Å². The molecule has 0 aromatic carbocycles. The highest BCUT2D eigenvalue weighted by Crippen LogP contribution is 2.19. The minimum absolute atomic E-state index is 0.635. The van der Waals surface area contributed by atoms with Crippen molar-refractivity contribution in [3.05, 3.63) is 0 Å². The molecule has 3 nitrogen and oxygen atoms in total. The van der Waals surface area contributed by atoms with Crippen molar-refractivity contribution in [2.24, 2.45) is 11.8 Å². The van der Waals surface area contributed by atoms with Crippen LogP contribution < -0.4 is 5.32 Å². The van der Waals surface area contributed by atoms with Gasteiger partial charge in [-0.2, -0.15) is 0 Å². The molecule has 1 heterocycles. The highest BCUT2D eigenvalue weighted by Gasteiger charge is 2.29. The minimum atomic E-state index is 0.635. The lowest BCUT2D eigenvalue weighted by atomic mass is 9.93. The molecule has 1 rings (SSSR count). The van der Waals surface area contributed by atoms with E-state index in [-0.39, 0.29) is 0 Å². The van der Waals surface area contributed by atoms with E-state index in [1.165, 1.54) is 25.8 Å². The van der Waals surface area contributed by atoms with Crippen molar-refractivity contribution < 1.29 is 4.74 Å². The van der Waals surface area contributed by atoms with Gasteiger partial charge >= 0.3 is 0 Å². The zero-order valence-electron chi connectivity index (χ0n) is 14.3. The SMILES string of the molecule is CCCC1CN(CCOCC(C)C)C(C(C)CC)CN1. The molecule has 1 saturated heterocycles. The van der Waals surface area contributed by atoms with Gasteiger partial charge in [0.05, 0.1) is 6.61 Å². The second-order valence-electron chi connectivity index (χ2n) is 6.81. The Bertz CT molecular complexity index is 245. The quantitative estimate of drug-likeness (QED) is 0.658. The third-order valence-corrected chi connectivity index (χ3v) is 4.45. The van der Waals surface area contributed by atoms with Crippen LogP contribution >= 0.6 is 0 Å². The van der Waals surface area contributed by atoms with Gasteiger partial charge in [-0.25, -0.2) is 0 Å². The number of rotatable bonds is 9. The van der Waals surface area contributed by atoms with E-state index < -0.39 is 0 Å². The molecule has 1 aliphatic heterocycles. The smallest absolute Gasteiger partial charge is 0.0593 e. The van der Waals surface area contributed by atoms with Crippen LogP contribution in [-0.2, 0) is 4.74 Å². The Labute approximate surface area is 126 Å². The van der Waals surface area contributed by atoms with Crippen molar-refractivity contribution in [2.45, 2.75) is 66.0 Å². The van der Waals surface area contributed by atoms with E-state index in [2.05, 4.69) is 44.8 Å². The fraction of sp³-hybridized carbons (Fsp3) is 1.00. The fourth-order valence-electron chi connectivity index (χ4n) is 3.03. The number of nitrogens with zero attached hydrogens (tertiary/aromatic N) is 1. The zero-order valence-corrected chi connectivity index (χ0v) is 14.3. The third-order valence-electron chi connectivity index (χ3n) is 4.45. The van der Waals surface area contributed by atoms with Crippen LogP contribution in [0.5, 0.6) is 0 Å². The topological polar surface area (TPSA) is 24.5 Å². The van der Waals surface area contributed by atoms with Crippen LogP contribution in [0.3, 0.4) is 0 Å². The van der Waals surface area contributed by atoms with Crippen LogP contribution in [0, 0.1) is 11.8 Å². The minimum Gasteiger partial charge on any atom is -0.380 e. The van der Waals surface area contributed by atoms with Crippen molar-refractivity contribution in [1.82, 2.24) is 10.2 Å². The summed E-state index contributed by atoms with van der Waals surface area (Å²) in [6, 6.07) is 1.35. The average molecular weight is 284 g/mol. The van der Waals surface area contributed by atoms with Crippen LogP contribution in [-0.4, -0.2) is 49.8 Å². The first-order valence-corrected chi connectivity index (χ1v) is 8.63. The Morgan fingerprint density at radius 1 is 1.25 bits per heavy atom. The molecule has 0 aliphatic carbocycles. The molecule has 20 heavy (non-hydrogen) atoms. The molecule has 1 fully saturated rings. The van der Waals surface area contributed by atoms with Crippen molar-refractivity contribution >= 4 is 0 Å². The van der Waals surface area contributed by atoms with Gasteiger partial charge in [-0.3, -0.25) is 4.90 Å². The summed E-state index contributed by atoms with van der Waals surface area (Å²) in [6.45, 7) is 16.6. The van der Waals surface area contributed by atoms with Gasteiger partial charge in [0.1, 0.15) is 0 Å². The van der Waals surface area contributed by atoms with Gasteiger partial charge in [-0.05, 0) is 18.3 Å². The molecule has 0 spiro atoms. The van der Waals surface area contributed by atoms with Gasteiger partial charge in [0.15, 0.2) is 0 Å². The van der Waals surface area contributed by atoms with E-state index in [9.17, 15) is 0 Å². The van der Waals surface area contributed by atoms with Gasteiger partial charge in [0.2, 0.25) is 0 Å². The molecule has 0 bridgehead atoms. The molecule has 120 valence electrons. The van der Waals surface area contributed by atoms with E-state index in [1.54, 1.807) is 0 Å². The van der Waals surface area contributed by atoms with E-state index in [1.807, 2.05) is 0 Å². The largest absolute Gasteiger partial charge is 0.380 e. The van der Waals surface area contributed by atoms with Crippen molar-refractivity contribution in [3.8, 4) is 0 Å².